The molecule has 0 aliphatic carbocycles. The minimum absolute atomic E-state index is 0.774. The van der Waals surface area contributed by atoms with Gasteiger partial charge in [0.05, 0.1) is 22.2 Å². The van der Waals surface area contributed by atoms with Crippen molar-refractivity contribution in [3.63, 3.8) is 0 Å². The molecule has 0 N–H and O–H groups in total. The van der Waals surface area contributed by atoms with Gasteiger partial charge in [-0.05, 0) is 46.2 Å². The van der Waals surface area contributed by atoms with Crippen molar-refractivity contribution in [1.82, 2.24) is 29.5 Å². The molecule has 0 fully saturated rings. The summed E-state index contributed by atoms with van der Waals surface area (Å²) in [4.78, 5) is 25.0. The van der Waals surface area contributed by atoms with Crippen LogP contribution in [0.5, 0.6) is 0 Å². The third kappa shape index (κ3) is 4.76. The lowest BCUT2D eigenvalue weighted by Gasteiger charge is -2.14. The summed E-state index contributed by atoms with van der Waals surface area (Å²) in [6.45, 7) is 0. The zero-order valence-electron chi connectivity index (χ0n) is 27.3. The van der Waals surface area contributed by atoms with Crippen LogP contribution in [0.15, 0.2) is 170 Å². The van der Waals surface area contributed by atoms with Gasteiger partial charge in [0.2, 0.25) is 0 Å². The highest BCUT2D eigenvalue weighted by Gasteiger charge is 2.23. The van der Waals surface area contributed by atoms with Crippen LogP contribution in [0.2, 0.25) is 0 Å². The molecule has 0 aliphatic rings. The maximum absolute atomic E-state index is 5.33. The van der Waals surface area contributed by atoms with Crippen LogP contribution in [0.3, 0.4) is 0 Å². The van der Waals surface area contributed by atoms with E-state index in [1.54, 1.807) is 18.6 Å². The Labute approximate surface area is 293 Å². The van der Waals surface area contributed by atoms with E-state index in [2.05, 4.69) is 120 Å². The number of fused-ring (bicyclic) bond motifs is 5. The van der Waals surface area contributed by atoms with E-state index in [0.29, 0.717) is 0 Å². The first kappa shape index (κ1) is 28.9. The van der Waals surface area contributed by atoms with Crippen molar-refractivity contribution in [2.45, 2.75) is 0 Å². The van der Waals surface area contributed by atoms with E-state index in [1.807, 2.05) is 36.4 Å². The van der Waals surface area contributed by atoms with Gasteiger partial charge in [-0.1, -0.05) is 127 Å². The molecule has 10 rings (SSSR count). The van der Waals surface area contributed by atoms with Gasteiger partial charge >= 0.3 is 0 Å². The van der Waals surface area contributed by atoms with Gasteiger partial charge in [0.15, 0.2) is 0 Å². The molecule has 0 spiro atoms. The number of rotatable bonds is 5. The predicted octanol–water partition coefficient (Wildman–Crippen LogP) is 10.7. The molecule has 0 aliphatic heterocycles. The Hall–Kier alpha value is -7.05. The highest BCUT2D eigenvalue weighted by Crippen LogP contribution is 2.39. The van der Waals surface area contributed by atoms with Gasteiger partial charge in [-0.3, -0.25) is 19.5 Å². The summed E-state index contributed by atoms with van der Waals surface area (Å²) < 4.78 is 2.22. The van der Waals surface area contributed by atoms with Gasteiger partial charge in [-0.15, -0.1) is 0 Å². The zero-order valence-corrected chi connectivity index (χ0v) is 27.3. The maximum Gasteiger partial charge on any atom is 0.145 e. The van der Waals surface area contributed by atoms with Crippen molar-refractivity contribution in [3.05, 3.63) is 170 Å². The highest BCUT2D eigenvalue weighted by molar-refractivity contribution is 6.08. The number of aromatic nitrogens is 6. The number of hydrogen-bond donors (Lipinski definition) is 0. The van der Waals surface area contributed by atoms with Crippen LogP contribution < -0.4 is 0 Å². The number of benzene rings is 6. The molecular weight excluding hydrogens is 625 g/mol. The van der Waals surface area contributed by atoms with E-state index in [-0.39, 0.29) is 0 Å². The summed E-state index contributed by atoms with van der Waals surface area (Å²) in [6, 6.07) is 52.4. The molecule has 0 atom stereocenters. The molecular formula is C45H28N6. The topological polar surface area (TPSA) is 69.4 Å². The molecule has 0 saturated heterocycles. The molecule has 6 aromatic carbocycles. The molecule has 4 aromatic heterocycles. The molecule has 0 saturated carbocycles. The smallest absolute Gasteiger partial charge is 0.145 e. The SMILES string of the molecule is c1ccc(-c2nc3cccnc3c3nc(-c4ccc(-c5ccc(-c6cccc7ccccc67)c6nccnc56)cc4)n(-c4ccccc4)c23)cc1. The second kappa shape index (κ2) is 11.8. The third-order valence-corrected chi connectivity index (χ3v) is 9.57. The Morgan fingerprint density at radius 2 is 1.06 bits per heavy atom. The summed E-state index contributed by atoms with van der Waals surface area (Å²) in [5.74, 6) is 0.816. The molecule has 6 nitrogen and oxygen atoms in total. The number of nitrogens with zero attached hydrogens (tertiary/aromatic N) is 6. The normalized spacial score (nSPS) is 11.5. The van der Waals surface area contributed by atoms with E-state index < -0.39 is 0 Å². The van der Waals surface area contributed by atoms with E-state index in [4.69, 9.17) is 24.9 Å². The molecule has 6 heteroatoms. The molecule has 4 heterocycles. The predicted molar refractivity (Wildman–Crippen MR) is 207 cm³/mol. The Kier molecular flexibility index (Phi) is 6.70. The van der Waals surface area contributed by atoms with Crippen molar-refractivity contribution < 1.29 is 0 Å². The number of para-hydroxylation sites is 1. The fraction of sp³-hybridized carbons (Fsp3) is 0. The van der Waals surface area contributed by atoms with Crippen molar-refractivity contribution >= 4 is 43.9 Å². The van der Waals surface area contributed by atoms with Crippen LogP contribution in [-0.4, -0.2) is 29.5 Å². The number of hydrogen-bond acceptors (Lipinski definition) is 5. The molecule has 51 heavy (non-hydrogen) atoms. The van der Waals surface area contributed by atoms with Gasteiger partial charge in [0.1, 0.15) is 22.4 Å². The standard InChI is InChI=1S/C45H28N6/c1-3-12-31(13-4-1)39-44-43(42-38(49-39)19-10-26-46-42)50-45(51(44)33-15-5-2-6-16-33)32-22-20-30(21-23-32)35-24-25-37(41-40(35)47-27-28-48-41)36-18-9-14-29-11-7-8-17-34(29)36/h1-28H. The van der Waals surface area contributed by atoms with Crippen molar-refractivity contribution in [1.29, 1.82) is 0 Å². The molecule has 238 valence electrons. The van der Waals surface area contributed by atoms with Gasteiger partial charge in [0.25, 0.3) is 0 Å². The van der Waals surface area contributed by atoms with Crippen LogP contribution >= 0.6 is 0 Å². The summed E-state index contributed by atoms with van der Waals surface area (Å²) in [6.07, 6.45) is 5.35. The van der Waals surface area contributed by atoms with Gasteiger partial charge in [0, 0.05) is 46.5 Å². The van der Waals surface area contributed by atoms with Gasteiger partial charge in [-0.25, -0.2) is 9.97 Å². The summed E-state index contributed by atoms with van der Waals surface area (Å²) in [7, 11) is 0. The van der Waals surface area contributed by atoms with Gasteiger partial charge < -0.3 is 0 Å². The fourth-order valence-electron chi connectivity index (χ4n) is 7.23. The van der Waals surface area contributed by atoms with E-state index in [1.165, 1.54) is 10.8 Å². The first-order valence-electron chi connectivity index (χ1n) is 16.9. The Morgan fingerprint density at radius 3 is 1.88 bits per heavy atom. The number of pyridine rings is 2. The Morgan fingerprint density at radius 1 is 0.392 bits per heavy atom. The van der Waals surface area contributed by atoms with Crippen molar-refractivity contribution in [2.24, 2.45) is 0 Å². The summed E-state index contributed by atoms with van der Waals surface area (Å²) in [5, 5.41) is 2.39. The molecule has 10 aromatic rings. The minimum atomic E-state index is 0.774. The molecule has 0 unspecified atom stereocenters. The fourth-order valence-corrected chi connectivity index (χ4v) is 7.23. The highest BCUT2D eigenvalue weighted by atomic mass is 15.1. The third-order valence-electron chi connectivity index (χ3n) is 9.57. The number of imidazole rings is 1. The zero-order chi connectivity index (χ0) is 33.7. The second-order valence-electron chi connectivity index (χ2n) is 12.5. The van der Waals surface area contributed by atoms with Crippen LogP contribution in [0, 0.1) is 0 Å². The molecule has 0 bridgehead atoms. The maximum atomic E-state index is 5.33. The van der Waals surface area contributed by atoms with Crippen LogP contribution in [0.25, 0.3) is 94.5 Å². The quantitative estimate of drug-likeness (QED) is 0.185. The van der Waals surface area contributed by atoms with E-state index in [0.717, 1.165) is 83.7 Å². The van der Waals surface area contributed by atoms with Crippen LogP contribution in [0.1, 0.15) is 0 Å². The molecule has 0 radical (unpaired) electrons. The van der Waals surface area contributed by atoms with Gasteiger partial charge in [-0.2, -0.15) is 0 Å². The monoisotopic (exact) mass is 652 g/mol. The largest absolute Gasteiger partial charge is 0.290 e. The first-order valence-corrected chi connectivity index (χ1v) is 16.9. The van der Waals surface area contributed by atoms with E-state index >= 15 is 0 Å². The Balaban J connectivity index is 1.16. The van der Waals surface area contributed by atoms with Crippen LogP contribution in [0.4, 0.5) is 0 Å². The lowest BCUT2D eigenvalue weighted by molar-refractivity contribution is 1.10. The average molecular weight is 653 g/mol. The lowest BCUT2D eigenvalue weighted by Crippen LogP contribution is -2.00. The summed E-state index contributed by atoms with van der Waals surface area (Å²) >= 11 is 0. The van der Waals surface area contributed by atoms with Crippen molar-refractivity contribution in [3.8, 4) is 50.6 Å². The second-order valence-corrected chi connectivity index (χ2v) is 12.5. The van der Waals surface area contributed by atoms with Crippen molar-refractivity contribution in [2.75, 3.05) is 0 Å². The van der Waals surface area contributed by atoms with Crippen LogP contribution in [-0.2, 0) is 0 Å². The Bertz CT molecular complexity index is 2890. The minimum Gasteiger partial charge on any atom is -0.290 e. The average Bonchev–Trinajstić information content (AvgIpc) is 3.62. The summed E-state index contributed by atoms with van der Waals surface area (Å²) in [5.41, 5.74) is 13.2. The van der Waals surface area contributed by atoms with E-state index in [9.17, 15) is 0 Å². The lowest BCUT2D eigenvalue weighted by atomic mass is 9.94. The molecule has 0 amide bonds. The first-order chi connectivity index (χ1) is 25.3.